The van der Waals surface area contributed by atoms with Gasteiger partial charge in [-0.05, 0) is 12.1 Å². The summed E-state index contributed by atoms with van der Waals surface area (Å²) < 4.78 is 5.52. The fraction of sp³-hybridized carbons (Fsp3) is 0.353. The SMILES string of the molecule is COc1ccccc1C1CNCCN1Cc1cc(C(N)=O)cs1. The van der Waals surface area contributed by atoms with E-state index in [4.69, 9.17) is 10.5 Å². The van der Waals surface area contributed by atoms with Crippen molar-refractivity contribution < 1.29 is 9.53 Å². The van der Waals surface area contributed by atoms with Crippen LogP contribution in [-0.4, -0.2) is 37.6 Å². The number of hydrogen-bond acceptors (Lipinski definition) is 5. The first kappa shape index (κ1) is 16.0. The number of piperazine rings is 1. The molecule has 1 aromatic heterocycles. The van der Waals surface area contributed by atoms with Crippen LogP contribution in [0.1, 0.15) is 26.8 Å². The highest BCUT2D eigenvalue weighted by molar-refractivity contribution is 7.10. The number of carbonyl (C=O) groups is 1. The maximum atomic E-state index is 11.3. The summed E-state index contributed by atoms with van der Waals surface area (Å²) in [6.45, 7) is 3.60. The summed E-state index contributed by atoms with van der Waals surface area (Å²) >= 11 is 1.58. The second-order valence-corrected chi connectivity index (χ2v) is 6.59. The summed E-state index contributed by atoms with van der Waals surface area (Å²) in [4.78, 5) is 14.8. The van der Waals surface area contributed by atoms with Crippen LogP contribution in [0.4, 0.5) is 0 Å². The third kappa shape index (κ3) is 3.55. The Balaban J connectivity index is 1.82. The zero-order valence-corrected chi connectivity index (χ0v) is 13.9. The number of carbonyl (C=O) groups excluding carboxylic acids is 1. The molecule has 1 aliphatic heterocycles. The number of methoxy groups -OCH3 is 1. The molecule has 3 N–H and O–H groups in total. The number of nitrogens with two attached hydrogens (primary N) is 1. The summed E-state index contributed by atoms with van der Waals surface area (Å²) in [6.07, 6.45) is 0. The van der Waals surface area contributed by atoms with Crippen molar-refractivity contribution in [3.05, 3.63) is 51.7 Å². The molecule has 6 heteroatoms. The van der Waals surface area contributed by atoms with E-state index in [2.05, 4.69) is 16.3 Å². The Bertz CT molecular complexity index is 686. The Kier molecular flexibility index (Phi) is 4.95. The van der Waals surface area contributed by atoms with Gasteiger partial charge >= 0.3 is 0 Å². The number of ether oxygens (including phenoxy) is 1. The average Bonchev–Trinajstić information content (AvgIpc) is 3.04. The molecule has 1 saturated heterocycles. The zero-order chi connectivity index (χ0) is 16.2. The monoisotopic (exact) mass is 331 g/mol. The van der Waals surface area contributed by atoms with E-state index < -0.39 is 0 Å². The van der Waals surface area contributed by atoms with Crippen LogP contribution in [0.15, 0.2) is 35.7 Å². The fourth-order valence-corrected chi connectivity index (χ4v) is 3.87. The van der Waals surface area contributed by atoms with Crippen molar-refractivity contribution in [2.45, 2.75) is 12.6 Å². The molecule has 1 unspecified atom stereocenters. The number of thiophene rings is 1. The lowest BCUT2D eigenvalue weighted by molar-refractivity contribution is 0.100. The van der Waals surface area contributed by atoms with Crippen LogP contribution >= 0.6 is 11.3 Å². The number of primary amides is 1. The molecule has 2 heterocycles. The maximum absolute atomic E-state index is 11.3. The normalized spacial score (nSPS) is 18.7. The van der Waals surface area contributed by atoms with Crippen LogP contribution in [-0.2, 0) is 6.54 Å². The van der Waals surface area contributed by atoms with Crippen molar-refractivity contribution >= 4 is 17.2 Å². The molecular formula is C17H21N3O2S. The lowest BCUT2D eigenvalue weighted by Crippen LogP contribution is -2.45. The van der Waals surface area contributed by atoms with E-state index in [0.717, 1.165) is 36.8 Å². The van der Waals surface area contributed by atoms with Gasteiger partial charge in [0.25, 0.3) is 0 Å². The highest BCUT2D eigenvalue weighted by Gasteiger charge is 2.26. The summed E-state index contributed by atoms with van der Waals surface area (Å²) in [5.41, 5.74) is 7.12. The number of rotatable bonds is 5. The quantitative estimate of drug-likeness (QED) is 0.879. The second kappa shape index (κ2) is 7.12. The molecule has 0 radical (unpaired) electrons. The van der Waals surface area contributed by atoms with Crippen LogP contribution in [0.5, 0.6) is 5.75 Å². The molecule has 1 amide bonds. The zero-order valence-electron chi connectivity index (χ0n) is 13.1. The van der Waals surface area contributed by atoms with Gasteiger partial charge in [-0.2, -0.15) is 0 Å². The minimum atomic E-state index is -0.367. The van der Waals surface area contributed by atoms with Crippen molar-refractivity contribution in [1.82, 2.24) is 10.2 Å². The van der Waals surface area contributed by atoms with E-state index in [1.807, 2.05) is 29.6 Å². The van der Waals surface area contributed by atoms with Gasteiger partial charge < -0.3 is 15.8 Å². The van der Waals surface area contributed by atoms with Crippen LogP contribution in [0.3, 0.4) is 0 Å². The molecule has 1 fully saturated rings. The Morgan fingerprint density at radius 3 is 3.04 bits per heavy atom. The third-order valence-electron chi connectivity index (χ3n) is 4.15. The largest absolute Gasteiger partial charge is 0.496 e. The molecule has 3 rings (SSSR count). The van der Waals surface area contributed by atoms with E-state index in [1.54, 1.807) is 18.4 Å². The molecule has 1 aliphatic rings. The molecule has 1 aromatic carbocycles. The highest BCUT2D eigenvalue weighted by Crippen LogP contribution is 2.31. The lowest BCUT2D eigenvalue weighted by atomic mass is 10.0. The van der Waals surface area contributed by atoms with E-state index >= 15 is 0 Å². The molecular weight excluding hydrogens is 310 g/mol. The van der Waals surface area contributed by atoms with E-state index in [9.17, 15) is 4.79 Å². The molecule has 0 bridgehead atoms. The van der Waals surface area contributed by atoms with Crippen molar-refractivity contribution in [3.63, 3.8) is 0 Å². The topological polar surface area (TPSA) is 67.6 Å². The van der Waals surface area contributed by atoms with Gasteiger partial charge in [-0.1, -0.05) is 18.2 Å². The number of para-hydroxylation sites is 1. The summed E-state index contributed by atoms with van der Waals surface area (Å²) in [7, 11) is 1.71. The second-order valence-electron chi connectivity index (χ2n) is 5.60. The van der Waals surface area contributed by atoms with Crippen LogP contribution in [0.2, 0.25) is 0 Å². The van der Waals surface area contributed by atoms with Gasteiger partial charge in [0, 0.05) is 42.0 Å². The predicted octanol–water partition coefficient (Wildman–Crippen LogP) is 2.00. The fourth-order valence-electron chi connectivity index (χ4n) is 2.98. The first-order chi connectivity index (χ1) is 11.2. The Morgan fingerprint density at radius 2 is 2.30 bits per heavy atom. The molecule has 0 aliphatic carbocycles. The van der Waals surface area contributed by atoms with E-state index in [1.165, 1.54) is 5.56 Å². The predicted molar refractivity (Wildman–Crippen MR) is 91.9 cm³/mol. The first-order valence-electron chi connectivity index (χ1n) is 7.64. The standard InChI is InChI=1S/C17H21N3O2S/c1-22-16-5-3-2-4-14(16)15-9-19-6-7-20(15)10-13-8-12(11-23-13)17(18)21/h2-5,8,11,15,19H,6-7,9-10H2,1H3,(H2,18,21). The molecule has 2 aromatic rings. The summed E-state index contributed by atoms with van der Waals surface area (Å²) in [5.74, 6) is 0.546. The molecule has 23 heavy (non-hydrogen) atoms. The Hall–Kier alpha value is -1.89. The van der Waals surface area contributed by atoms with Gasteiger partial charge in [-0.3, -0.25) is 9.69 Å². The Morgan fingerprint density at radius 1 is 1.48 bits per heavy atom. The number of amides is 1. The maximum Gasteiger partial charge on any atom is 0.249 e. The molecule has 0 saturated carbocycles. The van der Waals surface area contributed by atoms with Gasteiger partial charge in [0.15, 0.2) is 0 Å². The third-order valence-corrected chi connectivity index (χ3v) is 5.07. The molecule has 1 atom stereocenters. The smallest absolute Gasteiger partial charge is 0.249 e. The van der Waals surface area contributed by atoms with Crippen LogP contribution < -0.4 is 15.8 Å². The van der Waals surface area contributed by atoms with Gasteiger partial charge in [-0.25, -0.2) is 0 Å². The number of hydrogen-bond donors (Lipinski definition) is 2. The summed E-state index contributed by atoms with van der Waals surface area (Å²) in [6, 6.07) is 10.3. The van der Waals surface area contributed by atoms with Crippen molar-refractivity contribution in [3.8, 4) is 5.75 Å². The van der Waals surface area contributed by atoms with Crippen LogP contribution in [0.25, 0.3) is 0 Å². The first-order valence-corrected chi connectivity index (χ1v) is 8.52. The number of benzene rings is 1. The molecule has 5 nitrogen and oxygen atoms in total. The van der Waals surface area contributed by atoms with Crippen molar-refractivity contribution in [2.75, 3.05) is 26.7 Å². The molecule has 0 spiro atoms. The van der Waals surface area contributed by atoms with Crippen molar-refractivity contribution in [1.29, 1.82) is 0 Å². The van der Waals surface area contributed by atoms with Gasteiger partial charge in [0.05, 0.1) is 18.7 Å². The van der Waals surface area contributed by atoms with Crippen LogP contribution in [0, 0.1) is 0 Å². The minimum Gasteiger partial charge on any atom is -0.496 e. The van der Waals surface area contributed by atoms with Gasteiger partial charge in [-0.15, -0.1) is 11.3 Å². The Labute approximate surface area is 140 Å². The minimum absolute atomic E-state index is 0.249. The van der Waals surface area contributed by atoms with E-state index in [0.29, 0.717) is 5.56 Å². The molecule has 122 valence electrons. The lowest BCUT2D eigenvalue weighted by Gasteiger charge is -2.36. The van der Waals surface area contributed by atoms with E-state index in [-0.39, 0.29) is 11.9 Å². The average molecular weight is 331 g/mol. The highest BCUT2D eigenvalue weighted by atomic mass is 32.1. The van der Waals surface area contributed by atoms with Crippen molar-refractivity contribution in [2.24, 2.45) is 5.73 Å². The van der Waals surface area contributed by atoms with Gasteiger partial charge in [0.1, 0.15) is 5.75 Å². The number of nitrogens with zero attached hydrogens (tertiary/aromatic N) is 1. The summed E-state index contributed by atoms with van der Waals surface area (Å²) in [5, 5.41) is 5.29. The number of nitrogens with one attached hydrogen (secondary N) is 1. The van der Waals surface area contributed by atoms with Gasteiger partial charge in [0.2, 0.25) is 5.91 Å².